The van der Waals surface area contributed by atoms with Gasteiger partial charge in [-0.15, -0.1) is 0 Å². The van der Waals surface area contributed by atoms with E-state index < -0.39 is 15.8 Å². The molecule has 0 spiro atoms. The van der Waals surface area contributed by atoms with Crippen molar-refractivity contribution >= 4 is 10.0 Å². The van der Waals surface area contributed by atoms with Crippen molar-refractivity contribution in [3.8, 4) is 0 Å². The van der Waals surface area contributed by atoms with Crippen molar-refractivity contribution in [3.63, 3.8) is 0 Å². The van der Waals surface area contributed by atoms with Gasteiger partial charge in [-0.25, -0.2) is 12.8 Å². The highest BCUT2D eigenvalue weighted by molar-refractivity contribution is 7.89. The van der Waals surface area contributed by atoms with Crippen LogP contribution in [0, 0.1) is 5.82 Å². The third kappa shape index (κ3) is 4.01. The molecule has 0 bridgehead atoms. The highest BCUT2D eigenvalue weighted by atomic mass is 32.2. The van der Waals surface area contributed by atoms with Crippen molar-refractivity contribution in [1.82, 2.24) is 9.62 Å². The number of rotatable bonds is 6. The van der Waals surface area contributed by atoms with Gasteiger partial charge < -0.3 is 5.32 Å². The average Bonchev–Trinajstić information content (AvgIpc) is 2.36. The lowest BCUT2D eigenvalue weighted by atomic mass is 10.2. The number of halogens is 1. The molecule has 6 heteroatoms. The van der Waals surface area contributed by atoms with Gasteiger partial charge in [0.25, 0.3) is 0 Å². The zero-order valence-electron chi connectivity index (χ0n) is 12.6. The summed E-state index contributed by atoms with van der Waals surface area (Å²) >= 11 is 0. The van der Waals surface area contributed by atoms with Gasteiger partial charge in [-0.2, -0.15) is 4.31 Å². The Hall–Kier alpha value is -0.980. The van der Waals surface area contributed by atoms with E-state index >= 15 is 0 Å². The number of nitrogens with one attached hydrogen (secondary N) is 1. The van der Waals surface area contributed by atoms with Gasteiger partial charge in [0.15, 0.2) is 0 Å². The van der Waals surface area contributed by atoms with Gasteiger partial charge in [-0.05, 0) is 32.0 Å². The number of sulfonamides is 1. The molecular weight excluding hydrogens is 279 g/mol. The summed E-state index contributed by atoms with van der Waals surface area (Å²) in [6.45, 7) is 7.79. The normalized spacial score (nSPS) is 12.7. The first kappa shape index (κ1) is 17.1. The van der Waals surface area contributed by atoms with Crippen LogP contribution < -0.4 is 5.32 Å². The molecule has 0 aliphatic carbocycles. The molecule has 1 rings (SSSR count). The van der Waals surface area contributed by atoms with Crippen molar-refractivity contribution in [1.29, 1.82) is 0 Å². The topological polar surface area (TPSA) is 49.4 Å². The van der Waals surface area contributed by atoms with E-state index in [-0.39, 0.29) is 17.0 Å². The van der Waals surface area contributed by atoms with E-state index in [1.165, 1.54) is 29.6 Å². The third-order valence-corrected chi connectivity index (χ3v) is 5.15. The Morgan fingerprint density at radius 2 is 1.85 bits per heavy atom. The van der Waals surface area contributed by atoms with Gasteiger partial charge in [0.1, 0.15) is 5.82 Å². The molecule has 0 heterocycles. The van der Waals surface area contributed by atoms with Crippen molar-refractivity contribution < 1.29 is 12.8 Å². The van der Waals surface area contributed by atoms with Crippen LogP contribution in [0.4, 0.5) is 4.39 Å². The lowest BCUT2D eigenvalue weighted by Gasteiger charge is -2.21. The lowest BCUT2D eigenvalue weighted by Crippen LogP contribution is -2.33. The van der Waals surface area contributed by atoms with Gasteiger partial charge >= 0.3 is 0 Å². The van der Waals surface area contributed by atoms with Crippen LogP contribution in [0.15, 0.2) is 23.1 Å². The molecule has 0 aromatic heterocycles. The Balaban J connectivity index is 3.12. The van der Waals surface area contributed by atoms with Crippen LogP contribution in [0.5, 0.6) is 0 Å². The van der Waals surface area contributed by atoms with Gasteiger partial charge in [-0.1, -0.05) is 13.8 Å². The summed E-state index contributed by atoms with van der Waals surface area (Å²) < 4.78 is 39.7. The fourth-order valence-corrected chi connectivity index (χ4v) is 3.02. The quantitative estimate of drug-likeness (QED) is 0.877. The first-order valence-corrected chi connectivity index (χ1v) is 8.10. The molecule has 1 N–H and O–H groups in total. The van der Waals surface area contributed by atoms with E-state index in [2.05, 4.69) is 5.32 Å². The largest absolute Gasteiger partial charge is 0.310 e. The Kier molecular flexibility index (Phi) is 5.68. The maximum absolute atomic E-state index is 13.7. The molecule has 4 nitrogen and oxygen atoms in total. The smallest absolute Gasteiger partial charge is 0.243 e. The summed E-state index contributed by atoms with van der Waals surface area (Å²) in [5.74, 6) is -0.399. The summed E-state index contributed by atoms with van der Waals surface area (Å²) in [5, 5.41) is 3.08. The first-order chi connectivity index (χ1) is 9.16. The summed E-state index contributed by atoms with van der Waals surface area (Å²) in [4.78, 5) is 0.121. The number of nitrogens with zero attached hydrogens (tertiary/aromatic N) is 1. The Morgan fingerprint density at radius 1 is 1.25 bits per heavy atom. The number of hydrogen-bond donors (Lipinski definition) is 1. The molecule has 0 amide bonds. The monoisotopic (exact) mass is 302 g/mol. The first-order valence-electron chi connectivity index (χ1n) is 6.66. The molecule has 0 aliphatic rings. The van der Waals surface area contributed by atoms with Crippen LogP contribution in [0.1, 0.15) is 33.3 Å². The maximum Gasteiger partial charge on any atom is 0.243 e. The number of benzene rings is 1. The van der Waals surface area contributed by atoms with Gasteiger partial charge in [0, 0.05) is 31.2 Å². The van der Waals surface area contributed by atoms with Crippen molar-refractivity contribution in [2.24, 2.45) is 0 Å². The molecule has 0 aliphatic heterocycles. The molecular formula is C14H23FN2O2S. The summed E-state index contributed by atoms with van der Waals surface area (Å²) in [7, 11) is -2.05. The fourth-order valence-electron chi connectivity index (χ4n) is 1.60. The maximum atomic E-state index is 13.7. The Bertz CT molecular complexity index is 556. The minimum Gasteiger partial charge on any atom is -0.310 e. The molecule has 0 unspecified atom stereocenters. The molecule has 1 aromatic carbocycles. The predicted octanol–water partition coefficient (Wildman–Crippen LogP) is 2.35. The van der Waals surface area contributed by atoms with Crippen LogP contribution in [0.3, 0.4) is 0 Å². The molecule has 0 fully saturated rings. The summed E-state index contributed by atoms with van der Waals surface area (Å²) in [6, 6.07) is 3.97. The van der Waals surface area contributed by atoms with Crippen molar-refractivity contribution in [2.75, 3.05) is 7.05 Å². The van der Waals surface area contributed by atoms with Crippen LogP contribution in [0.2, 0.25) is 0 Å². The van der Waals surface area contributed by atoms with E-state index in [0.29, 0.717) is 12.1 Å². The van der Waals surface area contributed by atoms with E-state index in [9.17, 15) is 12.8 Å². The minimum absolute atomic E-state index is 0.121. The predicted molar refractivity (Wildman–Crippen MR) is 78.5 cm³/mol. The molecule has 0 saturated heterocycles. The molecule has 114 valence electrons. The number of hydrogen-bond acceptors (Lipinski definition) is 3. The zero-order chi connectivity index (χ0) is 15.5. The molecule has 0 saturated carbocycles. The lowest BCUT2D eigenvalue weighted by molar-refractivity contribution is 0.410. The van der Waals surface area contributed by atoms with Gasteiger partial charge in [-0.3, -0.25) is 0 Å². The second kappa shape index (κ2) is 6.65. The standard InChI is InChI=1S/C14H23FN2O2S/c1-10(2)16-9-12-8-13(6-7-14(12)15)20(18,19)17(5)11(3)4/h6-8,10-11,16H,9H2,1-5H3. The van der Waals surface area contributed by atoms with E-state index in [0.717, 1.165) is 0 Å². The second-order valence-electron chi connectivity index (χ2n) is 5.40. The minimum atomic E-state index is -3.58. The summed E-state index contributed by atoms with van der Waals surface area (Å²) in [6.07, 6.45) is 0. The highest BCUT2D eigenvalue weighted by Gasteiger charge is 2.23. The Labute approximate surface area is 121 Å². The van der Waals surface area contributed by atoms with E-state index in [1.54, 1.807) is 13.8 Å². The summed E-state index contributed by atoms with van der Waals surface area (Å²) in [5.41, 5.74) is 0.358. The van der Waals surface area contributed by atoms with Crippen molar-refractivity contribution in [2.45, 2.75) is 51.2 Å². The second-order valence-corrected chi connectivity index (χ2v) is 7.40. The zero-order valence-corrected chi connectivity index (χ0v) is 13.5. The molecule has 20 heavy (non-hydrogen) atoms. The van der Waals surface area contributed by atoms with Gasteiger partial charge in [0.2, 0.25) is 10.0 Å². The fraction of sp³-hybridized carbons (Fsp3) is 0.571. The van der Waals surface area contributed by atoms with Crippen LogP contribution in [-0.4, -0.2) is 31.9 Å². The van der Waals surface area contributed by atoms with E-state index in [1.807, 2.05) is 13.8 Å². The molecule has 1 aromatic rings. The molecule has 0 radical (unpaired) electrons. The van der Waals surface area contributed by atoms with Gasteiger partial charge in [0.05, 0.1) is 4.90 Å². The third-order valence-electron chi connectivity index (χ3n) is 3.12. The highest BCUT2D eigenvalue weighted by Crippen LogP contribution is 2.19. The van der Waals surface area contributed by atoms with Crippen LogP contribution in [-0.2, 0) is 16.6 Å². The average molecular weight is 302 g/mol. The Morgan fingerprint density at radius 3 is 2.35 bits per heavy atom. The van der Waals surface area contributed by atoms with E-state index in [4.69, 9.17) is 0 Å². The van der Waals surface area contributed by atoms with Crippen LogP contribution in [0.25, 0.3) is 0 Å². The SMILES string of the molecule is CC(C)NCc1cc(S(=O)(=O)N(C)C(C)C)ccc1F. The van der Waals surface area contributed by atoms with Crippen LogP contribution >= 0.6 is 0 Å². The van der Waals surface area contributed by atoms with Crippen molar-refractivity contribution in [3.05, 3.63) is 29.6 Å². The molecule has 0 atom stereocenters.